The predicted octanol–water partition coefficient (Wildman–Crippen LogP) is 2.43. The van der Waals surface area contributed by atoms with Gasteiger partial charge in [-0.1, -0.05) is 12.8 Å². The van der Waals surface area contributed by atoms with E-state index >= 15 is 0 Å². The molecule has 0 saturated heterocycles. The molecule has 0 aliphatic heterocycles. The van der Waals surface area contributed by atoms with Gasteiger partial charge in [0.25, 0.3) is 0 Å². The summed E-state index contributed by atoms with van der Waals surface area (Å²) in [5.41, 5.74) is 0. The second-order valence-electron chi connectivity index (χ2n) is 4.72. The lowest BCUT2D eigenvalue weighted by Gasteiger charge is -2.27. The average Bonchev–Trinajstić information content (AvgIpc) is 2.35. The van der Waals surface area contributed by atoms with E-state index in [0.717, 1.165) is 26.1 Å². The van der Waals surface area contributed by atoms with Gasteiger partial charge in [0, 0.05) is 19.1 Å². The molecular formula is C13H26ClNO2. The number of hydrogen-bond donors (Lipinski definition) is 1. The van der Waals surface area contributed by atoms with Gasteiger partial charge in [-0.2, -0.15) is 0 Å². The van der Waals surface area contributed by atoms with Gasteiger partial charge in [0.1, 0.15) is 0 Å². The lowest BCUT2D eigenvalue weighted by atomic mass is 9.89. The summed E-state index contributed by atoms with van der Waals surface area (Å²) in [6.07, 6.45) is 6.18. The molecule has 0 heterocycles. The first-order valence-electron chi connectivity index (χ1n) is 6.76. The summed E-state index contributed by atoms with van der Waals surface area (Å²) in [5.74, 6) is 0.667. The molecule has 0 aromatic carbocycles. The van der Waals surface area contributed by atoms with Crippen molar-refractivity contribution in [3.05, 3.63) is 0 Å². The average molecular weight is 264 g/mol. The molecule has 1 fully saturated rings. The van der Waals surface area contributed by atoms with Crippen LogP contribution in [0.15, 0.2) is 0 Å². The molecule has 0 aromatic heterocycles. The Hall–Kier alpha value is 0.170. The number of hydrogen-bond acceptors (Lipinski definition) is 3. The van der Waals surface area contributed by atoms with Crippen LogP contribution in [0, 0.1) is 5.92 Å². The highest BCUT2D eigenvalue weighted by atomic mass is 35.5. The fraction of sp³-hybridized carbons (Fsp3) is 1.00. The minimum absolute atomic E-state index is 0.384. The van der Waals surface area contributed by atoms with Crippen molar-refractivity contribution in [2.24, 2.45) is 5.92 Å². The normalized spacial score (nSPS) is 25.1. The Morgan fingerprint density at radius 3 is 2.76 bits per heavy atom. The van der Waals surface area contributed by atoms with E-state index < -0.39 is 0 Å². The van der Waals surface area contributed by atoms with Crippen molar-refractivity contribution in [2.45, 2.75) is 37.5 Å². The van der Waals surface area contributed by atoms with Crippen LogP contribution in [-0.2, 0) is 9.47 Å². The third-order valence-corrected chi connectivity index (χ3v) is 3.87. The highest BCUT2D eigenvalue weighted by Crippen LogP contribution is 2.27. The summed E-state index contributed by atoms with van der Waals surface area (Å²) < 4.78 is 10.3. The van der Waals surface area contributed by atoms with Crippen molar-refractivity contribution in [3.8, 4) is 0 Å². The van der Waals surface area contributed by atoms with E-state index in [9.17, 15) is 0 Å². The smallest absolute Gasteiger partial charge is 0.0700 e. The lowest BCUT2D eigenvalue weighted by Crippen LogP contribution is -2.32. The molecule has 1 saturated carbocycles. The zero-order chi connectivity index (χ0) is 12.3. The van der Waals surface area contributed by atoms with Gasteiger partial charge in [0.05, 0.1) is 13.2 Å². The Morgan fingerprint density at radius 1 is 1.18 bits per heavy atom. The van der Waals surface area contributed by atoms with Crippen molar-refractivity contribution < 1.29 is 9.47 Å². The summed E-state index contributed by atoms with van der Waals surface area (Å²) in [6, 6.07) is 0. The molecule has 0 amide bonds. The van der Waals surface area contributed by atoms with Crippen LogP contribution < -0.4 is 5.32 Å². The monoisotopic (exact) mass is 263 g/mol. The van der Waals surface area contributed by atoms with E-state index in [2.05, 4.69) is 5.32 Å². The zero-order valence-corrected chi connectivity index (χ0v) is 11.7. The highest BCUT2D eigenvalue weighted by Gasteiger charge is 2.22. The SMILES string of the molecule is COCCOCCCNCC1CCCCC1Cl. The minimum atomic E-state index is 0.384. The molecule has 3 nitrogen and oxygen atoms in total. The molecule has 1 N–H and O–H groups in total. The van der Waals surface area contributed by atoms with Crippen LogP contribution in [0.3, 0.4) is 0 Å². The lowest BCUT2D eigenvalue weighted by molar-refractivity contribution is 0.0694. The van der Waals surface area contributed by atoms with Gasteiger partial charge in [-0.3, -0.25) is 0 Å². The Bertz CT molecular complexity index is 181. The van der Waals surface area contributed by atoms with Gasteiger partial charge >= 0.3 is 0 Å². The fourth-order valence-electron chi connectivity index (χ4n) is 2.22. The number of alkyl halides is 1. The molecular weight excluding hydrogens is 238 g/mol. The van der Waals surface area contributed by atoms with Crippen molar-refractivity contribution in [1.29, 1.82) is 0 Å². The quantitative estimate of drug-likeness (QED) is 0.512. The van der Waals surface area contributed by atoms with Gasteiger partial charge in [0.15, 0.2) is 0 Å². The summed E-state index contributed by atoms with van der Waals surface area (Å²) in [7, 11) is 1.69. The van der Waals surface area contributed by atoms with Crippen LogP contribution >= 0.6 is 11.6 Å². The molecule has 0 spiro atoms. The zero-order valence-electron chi connectivity index (χ0n) is 10.9. The molecule has 1 rings (SSSR count). The molecule has 0 radical (unpaired) electrons. The third kappa shape index (κ3) is 7.24. The molecule has 2 unspecified atom stereocenters. The van der Waals surface area contributed by atoms with Crippen molar-refractivity contribution >= 4 is 11.6 Å². The number of ether oxygens (including phenoxy) is 2. The second kappa shape index (κ2) is 10.1. The first-order valence-corrected chi connectivity index (χ1v) is 7.19. The van der Waals surface area contributed by atoms with Gasteiger partial charge < -0.3 is 14.8 Å². The van der Waals surface area contributed by atoms with Gasteiger partial charge in [-0.05, 0) is 38.3 Å². The fourth-order valence-corrected chi connectivity index (χ4v) is 2.59. The van der Waals surface area contributed by atoms with Gasteiger partial charge in [0.2, 0.25) is 0 Å². The molecule has 1 aliphatic rings. The van der Waals surface area contributed by atoms with E-state index in [4.69, 9.17) is 21.1 Å². The van der Waals surface area contributed by atoms with Crippen LogP contribution in [0.4, 0.5) is 0 Å². The molecule has 0 aromatic rings. The van der Waals surface area contributed by atoms with Crippen molar-refractivity contribution in [3.63, 3.8) is 0 Å². The molecule has 17 heavy (non-hydrogen) atoms. The topological polar surface area (TPSA) is 30.5 Å². The number of nitrogens with one attached hydrogen (secondary N) is 1. The maximum absolute atomic E-state index is 6.30. The first-order chi connectivity index (χ1) is 8.34. The van der Waals surface area contributed by atoms with Gasteiger partial charge in [-0.15, -0.1) is 11.6 Å². The first kappa shape index (κ1) is 15.2. The van der Waals surface area contributed by atoms with Gasteiger partial charge in [-0.25, -0.2) is 0 Å². The van der Waals surface area contributed by atoms with E-state index in [0.29, 0.717) is 24.5 Å². The Labute approximate surface area is 110 Å². The van der Waals surface area contributed by atoms with Crippen molar-refractivity contribution in [2.75, 3.05) is 40.0 Å². The number of rotatable bonds is 9. The van der Waals surface area contributed by atoms with E-state index in [1.54, 1.807) is 7.11 Å². The third-order valence-electron chi connectivity index (χ3n) is 3.30. The second-order valence-corrected chi connectivity index (χ2v) is 5.28. The summed E-state index contributed by atoms with van der Waals surface area (Å²) in [6.45, 7) is 4.27. The summed E-state index contributed by atoms with van der Waals surface area (Å²) in [4.78, 5) is 0. The summed E-state index contributed by atoms with van der Waals surface area (Å²) >= 11 is 6.30. The van der Waals surface area contributed by atoms with Crippen molar-refractivity contribution in [1.82, 2.24) is 5.32 Å². The van der Waals surface area contributed by atoms with E-state index in [1.165, 1.54) is 25.7 Å². The molecule has 102 valence electrons. The predicted molar refractivity (Wildman–Crippen MR) is 71.8 cm³/mol. The maximum Gasteiger partial charge on any atom is 0.0700 e. The largest absolute Gasteiger partial charge is 0.382 e. The van der Waals surface area contributed by atoms with Crippen LogP contribution in [0.5, 0.6) is 0 Å². The standard InChI is InChI=1S/C13H26ClNO2/c1-16-9-10-17-8-4-7-15-11-12-5-2-3-6-13(12)14/h12-13,15H,2-11H2,1H3. The Kier molecular flexibility index (Phi) is 9.07. The maximum atomic E-state index is 6.30. The van der Waals surface area contributed by atoms with Crippen LogP contribution in [0.1, 0.15) is 32.1 Å². The van der Waals surface area contributed by atoms with E-state index in [-0.39, 0.29) is 0 Å². The minimum Gasteiger partial charge on any atom is -0.382 e. The summed E-state index contributed by atoms with van der Waals surface area (Å²) in [5, 5.41) is 3.86. The van der Waals surface area contributed by atoms with Crippen LogP contribution in [-0.4, -0.2) is 45.4 Å². The molecule has 2 atom stereocenters. The molecule has 0 bridgehead atoms. The van der Waals surface area contributed by atoms with E-state index in [1.807, 2.05) is 0 Å². The highest BCUT2D eigenvalue weighted by molar-refractivity contribution is 6.20. The van der Waals surface area contributed by atoms with Crippen LogP contribution in [0.25, 0.3) is 0 Å². The van der Waals surface area contributed by atoms with Crippen LogP contribution in [0.2, 0.25) is 0 Å². The molecule has 4 heteroatoms. The Morgan fingerprint density at radius 2 is 2.00 bits per heavy atom. The Balaban J connectivity index is 1.86. The number of halogens is 1. The molecule has 1 aliphatic carbocycles. The number of methoxy groups -OCH3 is 1.